The molecule has 0 bridgehead atoms. The zero-order valence-electron chi connectivity index (χ0n) is 14.6. The number of carbonyl (C=O) groups excluding carboxylic acids is 1. The highest BCUT2D eigenvalue weighted by atomic mass is 16.6. The van der Waals surface area contributed by atoms with Crippen molar-refractivity contribution in [1.82, 2.24) is 0 Å². The minimum Gasteiger partial charge on any atom is -0.366 e. The third kappa shape index (κ3) is 4.42. The van der Waals surface area contributed by atoms with Crippen LogP contribution in [-0.2, 0) is 9.53 Å². The Labute approximate surface area is 135 Å². The predicted molar refractivity (Wildman–Crippen MR) is 91.8 cm³/mol. The van der Waals surface area contributed by atoms with Gasteiger partial charge in [-0.15, -0.1) is 0 Å². The molecule has 1 aliphatic heterocycles. The smallest absolute Gasteiger partial charge is 0.158 e. The van der Waals surface area contributed by atoms with Gasteiger partial charge in [0.15, 0.2) is 5.78 Å². The number of hydrogen-bond acceptors (Lipinski definition) is 2. The second-order valence-corrected chi connectivity index (χ2v) is 7.34. The van der Waals surface area contributed by atoms with Crippen LogP contribution in [0.4, 0.5) is 0 Å². The third-order valence-corrected chi connectivity index (χ3v) is 5.23. The van der Waals surface area contributed by atoms with E-state index in [2.05, 4.69) is 32.6 Å². The summed E-state index contributed by atoms with van der Waals surface area (Å²) in [5.74, 6) is 0.497. The first kappa shape index (κ1) is 17.2. The van der Waals surface area contributed by atoms with Gasteiger partial charge in [-0.2, -0.15) is 0 Å². The average Bonchev–Trinajstić information content (AvgIpc) is 3.07. The highest BCUT2D eigenvalue weighted by Crippen LogP contribution is 2.45. The van der Waals surface area contributed by atoms with Gasteiger partial charge in [-0.05, 0) is 71.3 Å². The van der Waals surface area contributed by atoms with Gasteiger partial charge >= 0.3 is 0 Å². The molecule has 1 heterocycles. The van der Waals surface area contributed by atoms with Crippen molar-refractivity contribution in [2.24, 2.45) is 5.92 Å². The van der Waals surface area contributed by atoms with Crippen molar-refractivity contribution in [3.05, 3.63) is 35.5 Å². The maximum absolute atomic E-state index is 12.4. The van der Waals surface area contributed by atoms with Crippen LogP contribution in [0.2, 0.25) is 0 Å². The standard InChI is InChI=1S/C20H30O2/c1-14(2)17-12-18(21)16(4)10-6-8-15(3)9-7-11-20(5)19(13-17)22-20/h9-10,17,19H,1,6-8,11-13H2,2-5H3/b15-9+,16-10-/t17?,19-,20-/m0/s1. The molecular formula is C20H30O2. The number of ketones is 1. The fourth-order valence-corrected chi connectivity index (χ4v) is 3.25. The van der Waals surface area contributed by atoms with Crippen LogP contribution < -0.4 is 0 Å². The lowest BCUT2D eigenvalue weighted by atomic mass is 9.85. The molecule has 0 aromatic carbocycles. The molecule has 2 rings (SSSR count). The van der Waals surface area contributed by atoms with E-state index in [9.17, 15) is 4.79 Å². The van der Waals surface area contributed by atoms with E-state index in [1.807, 2.05) is 13.8 Å². The largest absolute Gasteiger partial charge is 0.366 e. The lowest BCUT2D eigenvalue weighted by Gasteiger charge is -2.17. The Morgan fingerprint density at radius 1 is 1.32 bits per heavy atom. The van der Waals surface area contributed by atoms with Crippen LogP contribution in [0.25, 0.3) is 0 Å². The summed E-state index contributed by atoms with van der Waals surface area (Å²) in [6.45, 7) is 12.5. The van der Waals surface area contributed by atoms with Crippen LogP contribution in [0.3, 0.4) is 0 Å². The number of rotatable bonds is 1. The number of Topliss-reactive ketones (excluding diaryl/α,β-unsaturated/α-hetero) is 1. The van der Waals surface area contributed by atoms with E-state index in [1.54, 1.807) is 0 Å². The predicted octanol–water partition coefficient (Wildman–Crippen LogP) is 5.15. The fraction of sp³-hybridized carbons (Fsp3) is 0.650. The van der Waals surface area contributed by atoms with E-state index in [0.717, 1.165) is 43.3 Å². The summed E-state index contributed by atoms with van der Waals surface area (Å²) in [7, 11) is 0. The Morgan fingerprint density at radius 3 is 2.73 bits per heavy atom. The molecular weight excluding hydrogens is 272 g/mol. The highest BCUT2D eigenvalue weighted by Gasteiger charge is 2.51. The summed E-state index contributed by atoms with van der Waals surface area (Å²) in [6, 6.07) is 0. The molecule has 2 aliphatic rings. The summed E-state index contributed by atoms with van der Waals surface area (Å²) in [5.41, 5.74) is 3.41. The summed E-state index contributed by atoms with van der Waals surface area (Å²) in [6.07, 6.45) is 10.3. The Hall–Kier alpha value is -1.15. The number of hydrogen-bond donors (Lipinski definition) is 0. The van der Waals surface area contributed by atoms with Gasteiger partial charge in [0.25, 0.3) is 0 Å². The number of fused-ring (bicyclic) bond motifs is 1. The van der Waals surface area contributed by atoms with E-state index in [-0.39, 0.29) is 23.4 Å². The van der Waals surface area contributed by atoms with Crippen molar-refractivity contribution in [2.45, 2.75) is 77.9 Å². The van der Waals surface area contributed by atoms with Crippen molar-refractivity contribution >= 4 is 5.78 Å². The molecule has 22 heavy (non-hydrogen) atoms. The first-order valence-corrected chi connectivity index (χ1v) is 8.50. The first-order chi connectivity index (χ1) is 10.3. The zero-order valence-corrected chi connectivity index (χ0v) is 14.6. The van der Waals surface area contributed by atoms with Gasteiger partial charge in [-0.25, -0.2) is 0 Å². The Morgan fingerprint density at radius 2 is 2.05 bits per heavy atom. The normalized spacial score (nSPS) is 38.8. The Balaban J connectivity index is 2.14. The lowest BCUT2D eigenvalue weighted by Crippen LogP contribution is -2.17. The van der Waals surface area contributed by atoms with E-state index < -0.39 is 0 Å². The summed E-state index contributed by atoms with van der Waals surface area (Å²) >= 11 is 0. The summed E-state index contributed by atoms with van der Waals surface area (Å²) in [5, 5.41) is 0. The Kier molecular flexibility index (Phi) is 5.44. The van der Waals surface area contributed by atoms with Crippen molar-refractivity contribution < 1.29 is 9.53 Å². The lowest BCUT2D eigenvalue weighted by molar-refractivity contribution is -0.116. The number of allylic oxidation sites excluding steroid dienone is 5. The molecule has 2 heteroatoms. The molecule has 1 saturated heterocycles. The Bertz CT molecular complexity index is 512. The molecule has 1 aliphatic carbocycles. The fourth-order valence-electron chi connectivity index (χ4n) is 3.25. The SMILES string of the molecule is C=C(C)C1CC(=O)/C(C)=C\CC/C(C)=C/CC[C@]2(C)O[C@H]2C1. The van der Waals surface area contributed by atoms with E-state index in [0.29, 0.717) is 6.42 Å². The van der Waals surface area contributed by atoms with Crippen LogP contribution in [0.5, 0.6) is 0 Å². The van der Waals surface area contributed by atoms with Crippen LogP contribution in [-0.4, -0.2) is 17.5 Å². The van der Waals surface area contributed by atoms with Crippen LogP contribution in [0, 0.1) is 5.92 Å². The van der Waals surface area contributed by atoms with Gasteiger partial charge in [0.05, 0.1) is 11.7 Å². The van der Waals surface area contributed by atoms with Crippen LogP contribution in [0.1, 0.15) is 66.2 Å². The van der Waals surface area contributed by atoms with Gasteiger partial charge < -0.3 is 4.74 Å². The van der Waals surface area contributed by atoms with Crippen molar-refractivity contribution in [1.29, 1.82) is 0 Å². The maximum atomic E-state index is 12.4. The van der Waals surface area contributed by atoms with Crippen molar-refractivity contribution in [3.8, 4) is 0 Å². The van der Waals surface area contributed by atoms with Gasteiger partial charge in [-0.1, -0.05) is 29.9 Å². The van der Waals surface area contributed by atoms with E-state index in [4.69, 9.17) is 4.74 Å². The molecule has 0 amide bonds. The minimum atomic E-state index is 0.00251. The molecule has 2 nitrogen and oxygen atoms in total. The highest BCUT2D eigenvalue weighted by molar-refractivity contribution is 5.95. The number of ether oxygens (including phenoxy) is 1. The maximum Gasteiger partial charge on any atom is 0.158 e. The van der Waals surface area contributed by atoms with Crippen molar-refractivity contribution in [3.63, 3.8) is 0 Å². The van der Waals surface area contributed by atoms with E-state index in [1.165, 1.54) is 5.57 Å². The van der Waals surface area contributed by atoms with Crippen molar-refractivity contribution in [2.75, 3.05) is 0 Å². The summed E-state index contributed by atoms with van der Waals surface area (Å²) < 4.78 is 5.96. The first-order valence-electron chi connectivity index (χ1n) is 8.50. The van der Waals surface area contributed by atoms with E-state index >= 15 is 0 Å². The third-order valence-electron chi connectivity index (χ3n) is 5.23. The molecule has 0 radical (unpaired) electrons. The zero-order chi connectivity index (χ0) is 16.3. The molecule has 3 atom stereocenters. The average molecular weight is 302 g/mol. The van der Waals surface area contributed by atoms with Crippen LogP contribution >= 0.6 is 0 Å². The molecule has 1 fully saturated rings. The molecule has 122 valence electrons. The molecule has 0 saturated carbocycles. The number of carbonyl (C=O) groups is 1. The van der Waals surface area contributed by atoms with Gasteiger partial charge in [0.1, 0.15) is 0 Å². The molecule has 0 N–H and O–H groups in total. The second kappa shape index (κ2) is 6.95. The van der Waals surface area contributed by atoms with Gasteiger partial charge in [0, 0.05) is 6.42 Å². The quantitative estimate of drug-likeness (QED) is 0.495. The summed E-state index contributed by atoms with van der Waals surface area (Å²) in [4.78, 5) is 12.4. The number of epoxide rings is 1. The second-order valence-electron chi connectivity index (χ2n) is 7.34. The minimum absolute atomic E-state index is 0.00251. The molecule has 0 spiro atoms. The molecule has 1 unspecified atom stereocenters. The van der Waals surface area contributed by atoms with Crippen LogP contribution in [0.15, 0.2) is 35.5 Å². The van der Waals surface area contributed by atoms with Gasteiger partial charge in [0.2, 0.25) is 0 Å². The topological polar surface area (TPSA) is 29.6 Å². The molecule has 0 aromatic rings. The monoisotopic (exact) mass is 302 g/mol. The van der Waals surface area contributed by atoms with Gasteiger partial charge in [-0.3, -0.25) is 4.79 Å². The molecule has 0 aromatic heterocycles.